The average molecular weight is 334 g/mol. The Hall–Kier alpha value is -3.34. The van der Waals surface area contributed by atoms with E-state index in [4.69, 9.17) is 15.2 Å². The van der Waals surface area contributed by atoms with E-state index in [1.165, 1.54) is 0 Å². The second kappa shape index (κ2) is 7.97. The molecule has 0 fully saturated rings. The van der Waals surface area contributed by atoms with Crippen LogP contribution in [0.25, 0.3) is 0 Å². The van der Waals surface area contributed by atoms with E-state index in [0.717, 1.165) is 22.6 Å². The number of carbonyl (C=O) groups is 1. The van der Waals surface area contributed by atoms with Crippen molar-refractivity contribution in [1.29, 1.82) is 0 Å². The van der Waals surface area contributed by atoms with Crippen molar-refractivity contribution in [2.45, 2.75) is 13.2 Å². The molecule has 0 saturated carbocycles. The lowest BCUT2D eigenvalue weighted by atomic mass is 10.1. The number of nitrogens with zero attached hydrogens (tertiary/aromatic N) is 1. The van der Waals surface area contributed by atoms with Gasteiger partial charge in [-0.3, -0.25) is 9.78 Å². The zero-order valence-electron chi connectivity index (χ0n) is 13.6. The monoisotopic (exact) mass is 334 g/mol. The Morgan fingerprint density at radius 2 is 1.44 bits per heavy atom. The van der Waals surface area contributed by atoms with Crippen LogP contribution in [0, 0.1) is 0 Å². The van der Waals surface area contributed by atoms with Crippen LogP contribution in [0.3, 0.4) is 0 Å². The molecule has 0 bridgehead atoms. The van der Waals surface area contributed by atoms with Gasteiger partial charge in [0.05, 0.1) is 0 Å². The Kier molecular flexibility index (Phi) is 5.26. The smallest absolute Gasteiger partial charge is 0.248 e. The summed E-state index contributed by atoms with van der Waals surface area (Å²) in [6, 6.07) is 18.3. The molecular formula is C20H18N2O3. The van der Waals surface area contributed by atoms with Gasteiger partial charge in [0.2, 0.25) is 5.91 Å². The molecule has 1 amide bonds. The fraction of sp³-hybridized carbons (Fsp3) is 0.100. The van der Waals surface area contributed by atoms with Crippen molar-refractivity contribution in [2.24, 2.45) is 5.73 Å². The van der Waals surface area contributed by atoms with Crippen LogP contribution in [0.2, 0.25) is 0 Å². The Bertz CT molecular complexity index is 816. The highest BCUT2D eigenvalue weighted by Gasteiger charge is 2.02. The summed E-state index contributed by atoms with van der Waals surface area (Å²) >= 11 is 0. The summed E-state index contributed by atoms with van der Waals surface area (Å²) in [4.78, 5) is 15.1. The average Bonchev–Trinajstić information content (AvgIpc) is 2.67. The summed E-state index contributed by atoms with van der Waals surface area (Å²) in [6.07, 6.45) is 3.51. The first-order chi connectivity index (χ1) is 12.2. The molecule has 25 heavy (non-hydrogen) atoms. The van der Waals surface area contributed by atoms with Crippen molar-refractivity contribution >= 4 is 5.91 Å². The SMILES string of the molecule is NC(=O)c1ccc(COc2ccc(OCc3cccnc3)cc2)cc1. The molecule has 2 aromatic carbocycles. The molecule has 2 N–H and O–H groups in total. The highest BCUT2D eigenvalue weighted by molar-refractivity contribution is 5.92. The number of hydrogen-bond acceptors (Lipinski definition) is 4. The molecular weight excluding hydrogens is 316 g/mol. The van der Waals surface area contributed by atoms with Gasteiger partial charge in [0.25, 0.3) is 0 Å². The zero-order valence-corrected chi connectivity index (χ0v) is 13.6. The van der Waals surface area contributed by atoms with Crippen LogP contribution in [0.15, 0.2) is 73.1 Å². The summed E-state index contributed by atoms with van der Waals surface area (Å²) in [5, 5.41) is 0. The number of primary amides is 1. The van der Waals surface area contributed by atoms with Gasteiger partial charge in [-0.1, -0.05) is 18.2 Å². The summed E-state index contributed by atoms with van der Waals surface area (Å²) in [5.74, 6) is 1.07. The Balaban J connectivity index is 1.51. The molecule has 1 aromatic heterocycles. The molecule has 126 valence electrons. The van der Waals surface area contributed by atoms with Crippen molar-refractivity contribution in [3.8, 4) is 11.5 Å². The second-order valence-corrected chi connectivity index (χ2v) is 5.47. The first-order valence-corrected chi connectivity index (χ1v) is 7.84. The van der Waals surface area contributed by atoms with Crippen molar-refractivity contribution in [1.82, 2.24) is 4.98 Å². The molecule has 0 radical (unpaired) electrons. The first kappa shape index (κ1) is 16.5. The predicted molar refractivity (Wildman–Crippen MR) is 94.3 cm³/mol. The molecule has 0 aliphatic rings. The number of aromatic nitrogens is 1. The number of benzene rings is 2. The Morgan fingerprint density at radius 3 is 1.96 bits per heavy atom. The van der Waals surface area contributed by atoms with E-state index in [2.05, 4.69) is 4.98 Å². The topological polar surface area (TPSA) is 74.4 Å². The minimum Gasteiger partial charge on any atom is -0.489 e. The van der Waals surface area contributed by atoms with Crippen molar-refractivity contribution in [3.63, 3.8) is 0 Å². The van der Waals surface area contributed by atoms with Crippen molar-refractivity contribution in [3.05, 3.63) is 89.7 Å². The third-order valence-electron chi connectivity index (χ3n) is 3.60. The van der Waals surface area contributed by atoms with Crippen LogP contribution in [-0.2, 0) is 13.2 Å². The molecule has 0 aliphatic carbocycles. The van der Waals surface area contributed by atoms with Crippen LogP contribution in [-0.4, -0.2) is 10.9 Å². The molecule has 0 unspecified atom stereocenters. The third kappa shape index (κ3) is 4.81. The molecule has 0 saturated heterocycles. The summed E-state index contributed by atoms with van der Waals surface area (Å²) in [5.41, 5.74) is 7.68. The quantitative estimate of drug-likeness (QED) is 0.719. The van der Waals surface area contributed by atoms with Crippen LogP contribution in [0.1, 0.15) is 21.5 Å². The maximum atomic E-state index is 11.0. The first-order valence-electron chi connectivity index (χ1n) is 7.84. The molecule has 3 rings (SSSR count). The molecule has 0 atom stereocenters. The van der Waals surface area contributed by atoms with Crippen molar-refractivity contribution < 1.29 is 14.3 Å². The number of nitrogens with two attached hydrogens (primary N) is 1. The largest absolute Gasteiger partial charge is 0.489 e. The van der Waals surface area contributed by atoms with E-state index in [1.807, 2.05) is 48.5 Å². The lowest BCUT2D eigenvalue weighted by Gasteiger charge is -2.09. The summed E-state index contributed by atoms with van der Waals surface area (Å²) in [7, 11) is 0. The van der Waals surface area contributed by atoms with Gasteiger partial charge in [0.15, 0.2) is 0 Å². The van der Waals surface area contributed by atoms with Crippen molar-refractivity contribution in [2.75, 3.05) is 0 Å². The minimum atomic E-state index is -0.436. The van der Waals surface area contributed by atoms with Crippen LogP contribution in [0.5, 0.6) is 11.5 Å². The normalized spacial score (nSPS) is 10.2. The van der Waals surface area contributed by atoms with Gasteiger partial charge in [-0.15, -0.1) is 0 Å². The maximum Gasteiger partial charge on any atom is 0.248 e. The van der Waals surface area contributed by atoms with Gasteiger partial charge < -0.3 is 15.2 Å². The minimum absolute atomic E-state index is 0.412. The van der Waals surface area contributed by atoms with E-state index < -0.39 is 5.91 Å². The van der Waals surface area contributed by atoms with Gasteiger partial charge in [0.1, 0.15) is 24.7 Å². The lowest BCUT2D eigenvalue weighted by molar-refractivity contribution is 0.1000. The molecule has 5 heteroatoms. The van der Waals surface area contributed by atoms with Crippen LogP contribution in [0.4, 0.5) is 0 Å². The maximum absolute atomic E-state index is 11.0. The Labute approximate surface area is 146 Å². The second-order valence-electron chi connectivity index (χ2n) is 5.47. The standard InChI is InChI=1S/C20H18N2O3/c21-20(23)17-5-3-15(4-6-17)13-24-18-7-9-19(10-8-18)25-14-16-2-1-11-22-12-16/h1-12H,13-14H2,(H2,21,23). The third-order valence-corrected chi connectivity index (χ3v) is 3.60. The number of pyridine rings is 1. The fourth-order valence-corrected chi connectivity index (χ4v) is 2.21. The predicted octanol–water partition coefficient (Wildman–Crippen LogP) is 3.34. The van der Waals surface area contributed by atoms with Crippen LogP contribution < -0.4 is 15.2 Å². The number of hydrogen-bond donors (Lipinski definition) is 1. The lowest BCUT2D eigenvalue weighted by Crippen LogP contribution is -2.10. The van der Waals surface area contributed by atoms with Gasteiger partial charge in [-0.25, -0.2) is 0 Å². The number of ether oxygens (including phenoxy) is 2. The molecule has 3 aromatic rings. The molecule has 0 aliphatic heterocycles. The molecule has 1 heterocycles. The van der Waals surface area contributed by atoms with E-state index in [9.17, 15) is 4.79 Å². The van der Waals surface area contributed by atoms with Gasteiger partial charge in [-0.05, 0) is 48.0 Å². The highest BCUT2D eigenvalue weighted by Crippen LogP contribution is 2.19. The molecule has 5 nitrogen and oxygen atoms in total. The van der Waals surface area contributed by atoms with Gasteiger partial charge >= 0.3 is 0 Å². The number of amides is 1. The molecule has 0 spiro atoms. The Morgan fingerprint density at radius 1 is 0.840 bits per heavy atom. The summed E-state index contributed by atoms with van der Waals surface area (Å²) in [6.45, 7) is 0.884. The fourth-order valence-electron chi connectivity index (χ4n) is 2.21. The van der Waals surface area contributed by atoms with Gasteiger partial charge in [-0.2, -0.15) is 0 Å². The van der Waals surface area contributed by atoms with E-state index in [-0.39, 0.29) is 0 Å². The van der Waals surface area contributed by atoms with E-state index in [0.29, 0.717) is 18.8 Å². The number of carbonyl (C=O) groups excluding carboxylic acids is 1. The van der Waals surface area contributed by atoms with E-state index in [1.54, 1.807) is 24.5 Å². The van der Waals surface area contributed by atoms with Gasteiger partial charge in [0, 0.05) is 23.5 Å². The van der Waals surface area contributed by atoms with E-state index >= 15 is 0 Å². The summed E-state index contributed by atoms with van der Waals surface area (Å²) < 4.78 is 11.4. The zero-order chi connectivity index (χ0) is 17.5. The van der Waals surface area contributed by atoms with Crippen LogP contribution >= 0.6 is 0 Å². The highest BCUT2D eigenvalue weighted by atomic mass is 16.5. The number of rotatable bonds is 7.